The smallest absolute Gasteiger partial charge is 0.504 e. The second kappa shape index (κ2) is 9.18. The highest BCUT2D eigenvalue weighted by Gasteiger charge is 2.51. The van der Waals surface area contributed by atoms with E-state index in [0.29, 0.717) is 0 Å². The Labute approximate surface area is 265 Å². The number of rotatable bonds is 3. The van der Waals surface area contributed by atoms with Crippen LogP contribution < -0.4 is 4.65 Å². The zero-order valence-electron chi connectivity index (χ0n) is 24.2. The Balaban J connectivity index is 1.28. The molecule has 0 fully saturated rings. The molecule has 1 spiro atoms. The lowest BCUT2D eigenvalue weighted by Crippen LogP contribution is -2.25. The van der Waals surface area contributed by atoms with E-state index in [4.69, 9.17) is 4.65 Å². The van der Waals surface area contributed by atoms with Crippen LogP contribution in [0.5, 0.6) is 5.75 Å². The van der Waals surface area contributed by atoms with Gasteiger partial charge in [-0.3, -0.25) is 0 Å². The molecule has 10 rings (SSSR count). The van der Waals surface area contributed by atoms with Crippen LogP contribution in [0.15, 0.2) is 140 Å². The summed E-state index contributed by atoms with van der Waals surface area (Å²) in [5.41, 5.74) is 12.7. The lowest BCUT2D eigenvalue weighted by atomic mass is 9.70. The van der Waals surface area contributed by atoms with E-state index < -0.39 is 0 Å². The molecule has 0 unspecified atom stereocenters. The molecule has 0 aliphatic heterocycles. The fourth-order valence-corrected chi connectivity index (χ4v) is 9.60. The van der Waals surface area contributed by atoms with Crippen molar-refractivity contribution >= 4 is 50.0 Å². The molecule has 4 heteroatoms. The molecule has 1 aromatic heterocycles. The zero-order valence-corrected chi connectivity index (χ0v) is 25.1. The number of benzene rings is 7. The molecule has 1 N–H and O–H groups in total. The zero-order chi connectivity index (χ0) is 29.7. The fraction of sp³-hybridized carbons (Fsp3) is 0.0244. The molecular weight excluding hydrogens is 567 g/mol. The lowest BCUT2D eigenvalue weighted by Gasteiger charge is -2.30. The topological polar surface area (TPSA) is 29.5 Å². The van der Waals surface area contributed by atoms with Crippen LogP contribution in [0.4, 0.5) is 0 Å². The van der Waals surface area contributed by atoms with Gasteiger partial charge < -0.3 is 9.68 Å². The number of hydrogen-bond acceptors (Lipinski definition) is 3. The first-order valence-electron chi connectivity index (χ1n) is 15.3. The van der Waals surface area contributed by atoms with Crippen molar-refractivity contribution in [2.24, 2.45) is 0 Å². The molecule has 0 atom stereocenters. The summed E-state index contributed by atoms with van der Waals surface area (Å²) in [4.78, 5) is 0. The third kappa shape index (κ3) is 3.18. The van der Waals surface area contributed by atoms with Gasteiger partial charge in [0.15, 0.2) is 0 Å². The number of thiophene rings is 1. The van der Waals surface area contributed by atoms with Gasteiger partial charge in [-0.15, -0.1) is 11.3 Å². The summed E-state index contributed by atoms with van der Waals surface area (Å²) < 4.78 is 8.08. The molecule has 0 saturated carbocycles. The van der Waals surface area contributed by atoms with E-state index in [1.165, 1.54) is 76.5 Å². The minimum Gasteiger partial charge on any atom is -0.538 e. The first-order valence-corrected chi connectivity index (χ1v) is 16.2. The van der Waals surface area contributed by atoms with Gasteiger partial charge in [0.2, 0.25) is 0 Å². The summed E-state index contributed by atoms with van der Waals surface area (Å²) in [7, 11) is -0.356. The largest absolute Gasteiger partial charge is 0.538 e. The van der Waals surface area contributed by atoms with Crippen molar-refractivity contribution < 1.29 is 9.68 Å². The highest BCUT2D eigenvalue weighted by molar-refractivity contribution is 7.27. The Kier molecular flexibility index (Phi) is 5.14. The summed E-state index contributed by atoms with van der Waals surface area (Å²) in [5.74, 6) is 0.723. The fourth-order valence-electron chi connectivity index (χ4n) is 8.28. The summed E-state index contributed by atoms with van der Waals surface area (Å²) in [6.07, 6.45) is 0. The molecule has 2 aliphatic rings. The first-order chi connectivity index (χ1) is 22.3. The molecule has 45 heavy (non-hydrogen) atoms. The molecule has 7 aromatic carbocycles. The Morgan fingerprint density at radius 1 is 0.511 bits per heavy atom. The standard InChI is InChI=1S/C41H25BO2S/c43-42-44-37-23-24-10-1-2-11-26(24)38-32-16-9-15-27(39(32)45-40(37)38)25-20-21-31-30-14-5-8-19-35(30)41(36(31)22-25)33-17-6-3-12-28(33)29-13-4-7-18-34(29)41/h1-23,42-43H. The maximum absolute atomic E-state index is 9.75. The van der Waals surface area contributed by atoms with Crippen LogP contribution in [0, 0.1) is 0 Å². The van der Waals surface area contributed by atoms with Crippen molar-refractivity contribution in [3.8, 4) is 39.1 Å². The van der Waals surface area contributed by atoms with E-state index in [2.05, 4.69) is 133 Å². The quantitative estimate of drug-likeness (QED) is 0.207. The SMILES string of the molecule is OBOc1cc2ccccc2c2c1sc1c(-c3ccc4c(c3)C3(c5ccccc5-c5ccccc53)c3ccccc3-4)cccc12. The van der Waals surface area contributed by atoms with Crippen LogP contribution in [0.3, 0.4) is 0 Å². The van der Waals surface area contributed by atoms with Gasteiger partial charge in [-0.1, -0.05) is 127 Å². The van der Waals surface area contributed by atoms with Gasteiger partial charge in [0.25, 0.3) is 0 Å². The molecule has 2 nitrogen and oxygen atoms in total. The minimum absolute atomic E-state index is 0.356. The van der Waals surface area contributed by atoms with Gasteiger partial charge in [-0.25, -0.2) is 0 Å². The first kappa shape index (κ1) is 25.2. The van der Waals surface area contributed by atoms with Crippen molar-refractivity contribution in [3.63, 3.8) is 0 Å². The van der Waals surface area contributed by atoms with E-state index in [-0.39, 0.29) is 13.1 Å². The predicted molar refractivity (Wildman–Crippen MR) is 189 cm³/mol. The van der Waals surface area contributed by atoms with Gasteiger partial charge in [-0.2, -0.15) is 0 Å². The Morgan fingerprint density at radius 2 is 1.09 bits per heavy atom. The summed E-state index contributed by atoms with van der Waals surface area (Å²) in [5, 5.41) is 14.4. The van der Waals surface area contributed by atoms with Gasteiger partial charge >= 0.3 is 7.69 Å². The summed E-state index contributed by atoms with van der Waals surface area (Å²) in [6.45, 7) is 0. The Morgan fingerprint density at radius 3 is 1.78 bits per heavy atom. The summed E-state index contributed by atoms with van der Waals surface area (Å²) in [6, 6.07) is 51.1. The van der Waals surface area contributed by atoms with Gasteiger partial charge in [0, 0.05) is 15.5 Å². The van der Waals surface area contributed by atoms with E-state index in [1.54, 1.807) is 11.3 Å². The average Bonchev–Trinajstić information content (AvgIpc) is 3.73. The Bertz CT molecular complexity index is 2460. The second-order valence-corrected chi connectivity index (χ2v) is 13.0. The van der Waals surface area contributed by atoms with Gasteiger partial charge in [0.05, 0.1) is 10.1 Å². The summed E-state index contributed by atoms with van der Waals surface area (Å²) >= 11 is 1.75. The van der Waals surface area contributed by atoms with Crippen LogP contribution in [-0.4, -0.2) is 12.7 Å². The molecule has 0 radical (unpaired) electrons. The van der Waals surface area contributed by atoms with Crippen LogP contribution >= 0.6 is 11.3 Å². The third-order valence-corrected chi connectivity index (χ3v) is 11.2. The number of hydrogen-bond donors (Lipinski definition) is 1. The Hall–Kier alpha value is -5.16. The average molecular weight is 593 g/mol. The monoisotopic (exact) mass is 592 g/mol. The third-order valence-electron chi connectivity index (χ3n) is 9.98. The van der Waals surface area contributed by atoms with E-state index in [9.17, 15) is 5.02 Å². The maximum Gasteiger partial charge on any atom is 0.504 e. The highest BCUT2D eigenvalue weighted by atomic mass is 32.1. The minimum atomic E-state index is -0.373. The predicted octanol–water partition coefficient (Wildman–Crippen LogP) is 9.86. The van der Waals surface area contributed by atoms with Gasteiger partial charge in [0.1, 0.15) is 5.75 Å². The molecule has 8 aromatic rings. The molecule has 2 aliphatic carbocycles. The van der Waals surface area contributed by atoms with Crippen molar-refractivity contribution in [2.75, 3.05) is 0 Å². The lowest BCUT2D eigenvalue weighted by molar-refractivity contribution is 0.457. The van der Waals surface area contributed by atoms with Crippen LogP contribution in [-0.2, 0) is 5.41 Å². The van der Waals surface area contributed by atoms with Crippen molar-refractivity contribution in [1.29, 1.82) is 0 Å². The number of fused-ring (bicyclic) bond motifs is 15. The van der Waals surface area contributed by atoms with Crippen LogP contribution in [0.1, 0.15) is 22.3 Å². The molecule has 0 bridgehead atoms. The molecule has 210 valence electrons. The second-order valence-electron chi connectivity index (χ2n) is 12.0. The molecular formula is C41H25BO2S. The van der Waals surface area contributed by atoms with E-state index in [0.717, 1.165) is 15.8 Å². The normalized spacial score (nSPS) is 13.6. The van der Waals surface area contributed by atoms with Crippen molar-refractivity contribution in [3.05, 3.63) is 162 Å². The van der Waals surface area contributed by atoms with E-state index in [1.807, 2.05) is 6.07 Å². The molecule has 0 amide bonds. The molecule has 1 heterocycles. The highest BCUT2D eigenvalue weighted by Crippen LogP contribution is 2.63. The van der Waals surface area contributed by atoms with Crippen LogP contribution in [0.25, 0.3) is 64.3 Å². The van der Waals surface area contributed by atoms with E-state index >= 15 is 0 Å². The maximum atomic E-state index is 9.75. The molecule has 0 saturated heterocycles. The van der Waals surface area contributed by atoms with Gasteiger partial charge in [-0.05, 0) is 78.5 Å². The van der Waals surface area contributed by atoms with Crippen molar-refractivity contribution in [2.45, 2.75) is 5.41 Å². The van der Waals surface area contributed by atoms with Crippen molar-refractivity contribution in [1.82, 2.24) is 0 Å². The van der Waals surface area contributed by atoms with Crippen LogP contribution in [0.2, 0.25) is 0 Å².